The van der Waals surface area contributed by atoms with E-state index in [0.29, 0.717) is 35.2 Å². The molecule has 0 saturated heterocycles. The number of carbonyl (C=O) groups is 3. The second-order valence-electron chi connectivity index (χ2n) is 9.18. The van der Waals surface area contributed by atoms with Crippen molar-refractivity contribution in [3.8, 4) is 0 Å². The number of rotatable bonds is 5. The lowest BCUT2D eigenvalue weighted by atomic mass is 9.69. The number of carbonyl (C=O) groups excluding carboxylic acids is 3. The zero-order valence-electron chi connectivity index (χ0n) is 20.5. The summed E-state index contributed by atoms with van der Waals surface area (Å²) in [5.41, 5.74) is 1.60. The van der Waals surface area contributed by atoms with Crippen molar-refractivity contribution in [2.24, 2.45) is 11.8 Å². The van der Waals surface area contributed by atoms with E-state index in [9.17, 15) is 19.2 Å². The number of esters is 2. The zero-order valence-corrected chi connectivity index (χ0v) is 20.5. The van der Waals surface area contributed by atoms with E-state index in [1.165, 1.54) is 13.4 Å². The van der Waals surface area contributed by atoms with Crippen LogP contribution in [0.25, 0.3) is 11.0 Å². The normalized spacial score (nSPS) is 23.0. The summed E-state index contributed by atoms with van der Waals surface area (Å²) >= 11 is 0. The highest BCUT2D eigenvalue weighted by Crippen LogP contribution is 2.45. The lowest BCUT2D eigenvalue weighted by molar-refractivity contribution is -0.151. The Balaban J connectivity index is 1.95. The van der Waals surface area contributed by atoms with Gasteiger partial charge >= 0.3 is 11.9 Å². The van der Waals surface area contributed by atoms with Crippen molar-refractivity contribution in [2.75, 3.05) is 7.11 Å². The molecule has 0 fully saturated rings. The molecule has 2 aromatic rings. The first-order valence-electron chi connectivity index (χ1n) is 11.7. The van der Waals surface area contributed by atoms with Crippen molar-refractivity contribution in [1.82, 2.24) is 5.32 Å². The molecule has 0 bridgehead atoms. The molecule has 4 atom stereocenters. The highest BCUT2D eigenvalue weighted by Gasteiger charge is 2.48. The van der Waals surface area contributed by atoms with Gasteiger partial charge in [-0.15, -0.1) is 0 Å². The highest BCUT2D eigenvalue weighted by atomic mass is 16.5. The van der Waals surface area contributed by atoms with Crippen LogP contribution in [-0.4, -0.2) is 30.9 Å². The van der Waals surface area contributed by atoms with E-state index < -0.39 is 29.6 Å². The van der Waals surface area contributed by atoms with Crippen LogP contribution in [0.15, 0.2) is 62.3 Å². The van der Waals surface area contributed by atoms with Gasteiger partial charge in [-0.25, -0.2) is 4.79 Å². The molecule has 8 heteroatoms. The summed E-state index contributed by atoms with van der Waals surface area (Å²) in [4.78, 5) is 53.3. The fraction of sp³-hybridized carbons (Fsp3) is 0.407. The minimum atomic E-state index is -1.05. The largest absolute Gasteiger partial charge is 0.468 e. The summed E-state index contributed by atoms with van der Waals surface area (Å²) in [7, 11) is 1.24. The topological polar surface area (TPSA) is 112 Å². The number of dihydropyridines is 1. The molecule has 1 aliphatic carbocycles. The fourth-order valence-electron chi connectivity index (χ4n) is 4.88. The lowest BCUT2D eigenvalue weighted by Crippen LogP contribution is -2.44. The molecule has 0 saturated carbocycles. The molecule has 0 spiro atoms. The molecule has 4 rings (SSSR count). The van der Waals surface area contributed by atoms with E-state index in [0.717, 1.165) is 0 Å². The van der Waals surface area contributed by atoms with E-state index in [2.05, 4.69) is 5.32 Å². The number of nitrogens with one attached hydrogen (secondary N) is 1. The second-order valence-corrected chi connectivity index (χ2v) is 9.18. The van der Waals surface area contributed by atoms with Crippen LogP contribution in [0.4, 0.5) is 0 Å². The Morgan fingerprint density at radius 1 is 1.23 bits per heavy atom. The predicted octanol–water partition coefficient (Wildman–Crippen LogP) is 3.75. The molecule has 1 N–H and O–H groups in total. The van der Waals surface area contributed by atoms with Gasteiger partial charge in [-0.1, -0.05) is 26.0 Å². The molecule has 0 amide bonds. The maximum absolute atomic E-state index is 13.8. The number of allylic oxidation sites excluding steroid dienone is 3. The van der Waals surface area contributed by atoms with Gasteiger partial charge in [0.1, 0.15) is 11.5 Å². The first-order valence-corrected chi connectivity index (χ1v) is 11.7. The smallest absolute Gasteiger partial charge is 0.337 e. The number of hydrogen-bond donors (Lipinski definition) is 1. The predicted molar refractivity (Wildman–Crippen MR) is 128 cm³/mol. The molecule has 0 radical (unpaired) electrons. The Morgan fingerprint density at radius 3 is 2.63 bits per heavy atom. The average molecular weight is 480 g/mol. The monoisotopic (exact) mass is 479 g/mol. The molecule has 35 heavy (non-hydrogen) atoms. The van der Waals surface area contributed by atoms with Gasteiger partial charge in [0.05, 0.1) is 36.4 Å². The maximum atomic E-state index is 13.8. The van der Waals surface area contributed by atoms with Crippen LogP contribution in [0, 0.1) is 11.8 Å². The van der Waals surface area contributed by atoms with Crippen molar-refractivity contribution in [1.29, 1.82) is 0 Å². The van der Waals surface area contributed by atoms with Crippen LogP contribution in [0.5, 0.6) is 0 Å². The van der Waals surface area contributed by atoms with Gasteiger partial charge in [0.15, 0.2) is 11.2 Å². The average Bonchev–Trinajstić information content (AvgIpc) is 2.83. The van der Waals surface area contributed by atoms with Crippen LogP contribution in [0.2, 0.25) is 0 Å². The summed E-state index contributed by atoms with van der Waals surface area (Å²) in [5.74, 6) is -4.16. The van der Waals surface area contributed by atoms with Gasteiger partial charge in [-0.3, -0.25) is 14.4 Å². The van der Waals surface area contributed by atoms with Crippen LogP contribution in [0.1, 0.15) is 52.0 Å². The minimum absolute atomic E-state index is 0.139. The van der Waals surface area contributed by atoms with Gasteiger partial charge in [-0.2, -0.15) is 0 Å². The molecule has 2 heterocycles. The number of methoxy groups -OCH3 is 1. The number of hydrogen-bond acceptors (Lipinski definition) is 8. The van der Waals surface area contributed by atoms with E-state index in [1.807, 2.05) is 6.92 Å². The van der Waals surface area contributed by atoms with Gasteiger partial charge in [-0.05, 0) is 44.7 Å². The molecular weight excluding hydrogens is 450 g/mol. The second kappa shape index (κ2) is 9.52. The van der Waals surface area contributed by atoms with Gasteiger partial charge in [0.25, 0.3) is 0 Å². The number of benzene rings is 1. The Bertz CT molecular complexity index is 1330. The molecule has 1 aromatic heterocycles. The number of ether oxygens (including phenoxy) is 2. The first kappa shape index (κ1) is 24.4. The molecule has 0 unspecified atom stereocenters. The van der Waals surface area contributed by atoms with E-state index in [4.69, 9.17) is 13.9 Å². The fourth-order valence-corrected chi connectivity index (χ4v) is 4.88. The summed E-state index contributed by atoms with van der Waals surface area (Å²) in [6, 6.07) is 6.78. The lowest BCUT2D eigenvalue weighted by Gasteiger charge is -2.38. The molecule has 184 valence electrons. The summed E-state index contributed by atoms with van der Waals surface area (Å²) in [5, 5.41) is 3.52. The van der Waals surface area contributed by atoms with Crippen LogP contribution >= 0.6 is 0 Å². The number of fused-ring (bicyclic) bond motifs is 1. The summed E-state index contributed by atoms with van der Waals surface area (Å²) in [6.45, 7) is 7.18. The molecule has 1 aliphatic heterocycles. The van der Waals surface area contributed by atoms with Crippen molar-refractivity contribution in [3.05, 3.63) is 68.9 Å². The Morgan fingerprint density at radius 2 is 1.94 bits per heavy atom. The maximum Gasteiger partial charge on any atom is 0.337 e. The van der Waals surface area contributed by atoms with E-state index in [-0.39, 0.29) is 34.2 Å². The standard InChI is InChI=1S/C27H29NO7/c1-6-14(3)35-27(32)21-15(4)28-18-11-13(2)20(26(31)33-5)25(30)23(18)22(21)17-12-34-19-10-8-7-9-16(19)24(17)29/h7-10,12-14,20,22,28H,6,11H2,1-5H3/t13-,14-,20-,22-/m1/s1. The third kappa shape index (κ3) is 4.17. The van der Waals surface area contributed by atoms with Crippen LogP contribution in [0.3, 0.4) is 0 Å². The third-order valence-electron chi connectivity index (χ3n) is 6.86. The number of Topliss-reactive ketones (excluding diaryl/α,β-unsaturated/α-hetero) is 1. The SMILES string of the molecule is CC[C@@H](C)OC(=O)C1=C(C)NC2=C(C(=O)[C@H](C(=O)OC)[C@H](C)C2)[C@@H]1c1coc2ccccc2c1=O. The minimum Gasteiger partial charge on any atom is -0.468 e. The van der Waals surface area contributed by atoms with Crippen molar-refractivity contribution in [3.63, 3.8) is 0 Å². The molecule has 1 aromatic carbocycles. The summed E-state index contributed by atoms with van der Waals surface area (Å²) in [6.07, 6.45) is 1.91. The third-order valence-corrected chi connectivity index (χ3v) is 6.86. The van der Waals surface area contributed by atoms with Gasteiger partial charge < -0.3 is 19.2 Å². The van der Waals surface area contributed by atoms with Crippen molar-refractivity contribution in [2.45, 2.75) is 52.6 Å². The quantitative estimate of drug-likeness (QED) is 0.510. The van der Waals surface area contributed by atoms with Crippen LogP contribution in [-0.2, 0) is 23.9 Å². The number of ketones is 1. The summed E-state index contributed by atoms with van der Waals surface area (Å²) < 4.78 is 16.3. The van der Waals surface area contributed by atoms with E-state index >= 15 is 0 Å². The Kier molecular flexibility index (Phi) is 6.65. The van der Waals surface area contributed by atoms with Crippen molar-refractivity contribution >= 4 is 28.7 Å². The van der Waals surface area contributed by atoms with Gasteiger partial charge in [0, 0.05) is 22.5 Å². The number of para-hydroxylation sites is 1. The Hall–Kier alpha value is -3.68. The molecular formula is C27H29NO7. The van der Waals surface area contributed by atoms with Gasteiger partial charge in [0.2, 0.25) is 0 Å². The molecule has 2 aliphatic rings. The van der Waals surface area contributed by atoms with Crippen LogP contribution < -0.4 is 10.7 Å². The first-order chi connectivity index (χ1) is 16.7. The zero-order chi connectivity index (χ0) is 25.4. The van der Waals surface area contributed by atoms with Crippen molar-refractivity contribution < 1.29 is 28.3 Å². The Labute approximate surface area is 203 Å². The highest BCUT2D eigenvalue weighted by molar-refractivity contribution is 6.12. The van der Waals surface area contributed by atoms with E-state index in [1.54, 1.807) is 45.0 Å². The molecule has 8 nitrogen and oxygen atoms in total.